The van der Waals surface area contributed by atoms with Gasteiger partial charge in [-0.25, -0.2) is 14.5 Å². The standard InChI is InChI=1S/C21H23N5OS/c1-13(2)25-9-8-15-17(10-25)28-21-19(15)20-23-18(24-26(20)12-22-21)11-27-16-7-5-4-6-14(16)3/h4-7,12-13H,8-11H2,1-3H3. The van der Waals surface area contributed by atoms with Crippen LogP contribution in [0.3, 0.4) is 0 Å². The summed E-state index contributed by atoms with van der Waals surface area (Å²) in [5.41, 5.74) is 3.40. The van der Waals surface area contributed by atoms with Crippen LogP contribution in [0.15, 0.2) is 30.6 Å². The van der Waals surface area contributed by atoms with Crippen LogP contribution in [-0.2, 0) is 19.6 Å². The lowest BCUT2D eigenvalue weighted by atomic mass is 10.0. The molecule has 0 saturated carbocycles. The molecule has 0 saturated heterocycles. The maximum Gasteiger partial charge on any atom is 0.189 e. The van der Waals surface area contributed by atoms with E-state index < -0.39 is 0 Å². The Morgan fingerprint density at radius 2 is 2.11 bits per heavy atom. The number of para-hydroxylation sites is 1. The van der Waals surface area contributed by atoms with Crippen molar-refractivity contribution in [2.24, 2.45) is 0 Å². The largest absolute Gasteiger partial charge is 0.485 e. The summed E-state index contributed by atoms with van der Waals surface area (Å²) in [7, 11) is 0. The predicted octanol–water partition coefficient (Wildman–Crippen LogP) is 3.99. The van der Waals surface area contributed by atoms with E-state index in [2.05, 4.69) is 28.8 Å². The molecule has 0 aliphatic carbocycles. The molecular formula is C21H23N5OS. The molecule has 0 bridgehead atoms. The van der Waals surface area contributed by atoms with Crippen molar-refractivity contribution in [1.82, 2.24) is 24.5 Å². The molecule has 0 atom stereocenters. The summed E-state index contributed by atoms with van der Waals surface area (Å²) < 4.78 is 7.73. The Kier molecular flexibility index (Phi) is 4.29. The molecule has 4 heterocycles. The van der Waals surface area contributed by atoms with E-state index in [1.54, 1.807) is 22.2 Å². The molecule has 3 aromatic heterocycles. The Hall–Kier alpha value is -2.51. The molecule has 7 heteroatoms. The average molecular weight is 394 g/mol. The molecule has 1 aromatic carbocycles. The topological polar surface area (TPSA) is 55.6 Å². The van der Waals surface area contributed by atoms with Gasteiger partial charge in [-0.05, 0) is 44.4 Å². The maximum absolute atomic E-state index is 5.94. The molecular weight excluding hydrogens is 370 g/mol. The second-order valence-electron chi connectivity index (χ2n) is 7.59. The third-order valence-electron chi connectivity index (χ3n) is 5.43. The van der Waals surface area contributed by atoms with Gasteiger partial charge in [0.25, 0.3) is 0 Å². The predicted molar refractivity (Wildman–Crippen MR) is 111 cm³/mol. The summed E-state index contributed by atoms with van der Waals surface area (Å²) in [6.07, 6.45) is 2.81. The SMILES string of the molecule is Cc1ccccc1OCc1nc2c3c4c(sc3ncn2n1)CN(C(C)C)CC4. The van der Waals surface area contributed by atoms with E-state index in [9.17, 15) is 0 Å². The number of nitrogens with zero attached hydrogens (tertiary/aromatic N) is 5. The lowest BCUT2D eigenvalue weighted by molar-refractivity contribution is 0.206. The van der Waals surface area contributed by atoms with E-state index in [0.717, 1.165) is 41.3 Å². The number of aryl methyl sites for hydroxylation is 1. The minimum Gasteiger partial charge on any atom is -0.485 e. The number of ether oxygens (including phenoxy) is 1. The number of fused-ring (bicyclic) bond motifs is 5. The van der Waals surface area contributed by atoms with Crippen molar-refractivity contribution < 1.29 is 4.74 Å². The summed E-state index contributed by atoms with van der Waals surface area (Å²) >= 11 is 1.79. The molecule has 6 nitrogen and oxygen atoms in total. The highest BCUT2D eigenvalue weighted by Gasteiger charge is 2.25. The average Bonchev–Trinajstić information content (AvgIpc) is 3.27. The molecule has 0 unspecified atom stereocenters. The van der Waals surface area contributed by atoms with Gasteiger partial charge in [0.1, 0.15) is 23.5 Å². The number of thiophene rings is 1. The number of hydrogen-bond donors (Lipinski definition) is 0. The second-order valence-corrected chi connectivity index (χ2v) is 8.68. The molecule has 0 radical (unpaired) electrons. The number of benzene rings is 1. The summed E-state index contributed by atoms with van der Waals surface area (Å²) in [6, 6.07) is 8.56. The summed E-state index contributed by atoms with van der Waals surface area (Å²) in [5.74, 6) is 1.54. The monoisotopic (exact) mass is 393 g/mol. The van der Waals surface area contributed by atoms with Gasteiger partial charge in [0.15, 0.2) is 11.5 Å². The van der Waals surface area contributed by atoms with E-state index in [0.29, 0.717) is 18.5 Å². The highest BCUT2D eigenvalue weighted by Crippen LogP contribution is 2.36. The number of hydrogen-bond acceptors (Lipinski definition) is 6. The summed E-state index contributed by atoms with van der Waals surface area (Å²) in [5, 5.41) is 5.76. The van der Waals surface area contributed by atoms with E-state index in [-0.39, 0.29) is 0 Å². The first-order valence-corrected chi connectivity index (χ1v) is 10.5. The summed E-state index contributed by atoms with van der Waals surface area (Å²) in [4.78, 5) is 14.4. The molecule has 5 rings (SSSR count). The lowest BCUT2D eigenvalue weighted by Gasteiger charge is -2.30. The molecule has 0 spiro atoms. The zero-order valence-corrected chi connectivity index (χ0v) is 17.2. The highest BCUT2D eigenvalue weighted by molar-refractivity contribution is 7.19. The highest BCUT2D eigenvalue weighted by atomic mass is 32.1. The fourth-order valence-corrected chi connectivity index (χ4v) is 5.03. The Morgan fingerprint density at radius 1 is 1.25 bits per heavy atom. The Bertz CT molecular complexity index is 1160. The number of rotatable bonds is 4. The normalized spacial score (nSPS) is 14.9. The van der Waals surface area contributed by atoms with Crippen molar-refractivity contribution in [1.29, 1.82) is 0 Å². The smallest absolute Gasteiger partial charge is 0.189 e. The van der Waals surface area contributed by atoms with Crippen molar-refractivity contribution in [2.75, 3.05) is 6.54 Å². The third-order valence-corrected chi connectivity index (χ3v) is 6.56. The van der Waals surface area contributed by atoms with Crippen LogP contribution in [0.1, 0.15) is 35.7 Å². The van der Waals surface area contributed by atoms with Crippen LogP contribution in [0.5, 0.6) is 5.75 Å². The van der Waals surface area contributed by atoms with Gasteiger partial charge in [-0.2, -0.15) is 0 Å². The minimum absolute atomic E-state index is 0.349. The van der Waals surface area contributed by atoms with Crippen LogP contribution in [0.2, 0.25) is 0 Å². The van der Waals surface area contributed by atoms with Crippen molar-refractivity contribution >= 4 is 27.2 Å². The molecule has 28 heavy (non-hydrogen) atoms. The lowest BCUT2D eigenvalue weighted by Crippen LogP contribution is -2.35. The van der Waals surface area contributed by atoms with Crippen molar-refractivity contribution in [3.05, 3.63) is 52.4 Å². The third kappa shape index (κ3) is 2.95. The Labute approximate surface area is 167 Å². The minimum atomic E-state index is 0.349. The van der Waals surface area contributed by atoms with E-state index in [4.69, 9.17) is 9.72 Å². The molecule has 0 N–H and O–H groups in total. The first-order chi connectivity index (χ1) is 13.6. The molecule has 0 fully saturated rings. The van der Waals surface area contributed by atoms with Crippen molar-refractivity contribution in [3.8, 4) is 5.75 Å². The molecule has 1 aliphatic heterocycles. The number of aromatic nitrogens is 4. The quantitative estimate of drug-likeness (QED) is 0.525. The van der Waals surface area contributed by atoms with Crippen LogP contribution in [0, 0.1) is 6.92 Å². The van der Waals surface area contributed by atoms with E-state index in [1.165, 1.54) is 15.8 Å². The second kappa shape index (κ2) is 6.83. The summed E-state index contributed by atoms with van der Waals surface area (Å²) in [6.45, 7) is 8.98. The Morgan fingerprint density at radius 3 is 2.93 bits per heavy atom. The van der Waals surface area contributed by atoms with Crippen molar-refractivity contribution in [2.45, 2.75) is 46.4 Å². The fraction of sp³-hybridized carbons (Fsp3) is 0.381. The van der Waals surface area contributed by atoms with Gasteiger partial charge in [-0.1, -0.05) is 18.2 Å². The molecule has 1 aliphatic rings. The zero-order chi connectivity index (χ0) is 19.3. The van der Waals surface area contributed by atoms with Crippen LogP contribution in [0.25, 0.3) is 15.9 Å². The van der Waals surface area contributed by atoms with Crippen LogP contribution < -0.4 is 4.74 Å². The molecule has 4 aromatic rings. The first-order valence-electron chi connectivity index (χ1n) is 9.67. The molecule has 144 valence electrons. The van der Waals surface area contributed by atoms with Crippen LogP contribution in [0.4, 0.5) is 0 Å². The van der Waals surface area contributed by atoms with Gasteiger partial charge in [0.2, 0.25) is 0 Å². The van der Waals surface area contributed by atoms with Crippen molar-refractivity contribution in [3.63, 3.8) is 0 Å². The van der Waals surface area contributed by atoms with Gasteiger partial charge in [-0.3, -0.25) is 4.90 Å². The van der Waals surface area contributed by atoms with Gasteiger partial charge < -0.3 is 4.74 Å². The first kappa shape index (κ1) is 17.6. The van der Waals surface area contributed by atoms with Crippen LogP contribution >= 0.6 is 11.3 Å². The van der Waals surface area contributed by atoms with E-state index >= 15 is 0 Å². The van der Waals surface area contributed by atoms with Gasteiger partial charge in [0, 0.05) is 24.0 Å². The van der Waals surface area contributed by atoms with Gasteiger partial charge >= 0.3 is 0 Å². The Balaban J connectivity index is 1.50. The van der Waals surface area contributed by atoms with Gasteiger partial charge in [-0.15, -0.1) is 16.4 Å². The molecule has 0 amide bonds. The van der Waals surface area contributed by atoms with E-state index in [1.807, 2.05) is 31.2 Å². The van der Waals surface area contributed by atoms with Crippen LogP contribution in [-0.4, -0.2) is 37.1 Å². The fourth-order valence-electron chi connectivity index (χ4n) is 3.82. The zero-order valence-electron chi connectivity index (χ0n) is 16.3. The van der Waals surface area contributed by atoms with Gasteiger partial charge in [0.05, 0.1) is 5.39 Å². The maximum atomic E-state index is 5.94.